The van der Waals surface area contributed by atoms with Gasteiger partial charge in [-0.25, -0.2) is 4.31 Å². The summed E-state index contributed by atoms with van der Waals surface area (Å²) in [6.07, 6.45) is 1.87. The first-order valence-corrected chi connectivity index (χ1v) is 7.90. The van der Waals surface area contributed by atoms with Gasteiger partial charge >= 0.3 is 5.97 Å². The SMILES string of the molecule is O=C(O)CN1CCCCN(c2c(Cl)cc(Cl)cc2Cl)S1. The molecule has 20 heavy (non-hydrogen) atoms. The van der Waals surface area contributed by atoms with Crippen LogP contribution in [-0.4, -0.2) is 35.0 Å². The van der Waals surface area contributed by atoms with Gasteiger partial charge < -0.3 is 9.41 Å². The Morgan fingerprint density at radius 2 is 1.80 bits per heavy atom. The van der Waals surface area contributed by atoms with Crippen molar-refractivity contribution in [1.82, 2.24) is 4.31 Å². The predicted molar refractivity (Wildman–Crippen MR) is 84.9 cm³/mol. The number of nitrogens with zero attached hydrogens (tertiary/aromatic N) is 2. The van der Waals surface area contributed by atoms with Crippen LogP contribution in [0.2, 0.25) is 15.1 Å². The summed E-state index contributed by atoms with van der Waals surface area (Å²) in [6, 6.07) is 3.27. The van der Waals surface area contributed by atoms with E-state index in [4.69, 9.17) is 39.9 Å². The fourth-order valence-corrected chi connectivity index (χ4v) is 4.22. The molecule has 110 valence electrons. The van der Waals surface area contributed by atoms with Gasteiger partial charge in [0, 0.05) is 30.2 Å². The lowest BCUT2D eigenvalue weighted by molar-refractivity contribution is -0.137. The molecule has 4 nitrogen and oxygen atoms in total. The number of benzene rings is 1. The Balaban J connectivity index is 2.24. The van der Waals surface area contributed by atoms with Crippen LogP contribution in [0.5, 0.6) is 0 Å². The lowest BCUT2D eigenvalue weighted by Crippen LogP contribution is -2.28. The van der Waals surface area contributed by atoms with Gasteiger partial charge in [-0.1, -0.05) is 34.8 Å². The number of hydrogen-bond donors (Lipinski definition) is 1. The maximum atomic E-state index is 10.9. The minimum atomic E-state index is -0.854. The highest BCUT2D eigenvalue weighted by atomic mass is 35.5. The Labute approximate surface area is 136 Å². The van der Waals surface area contributed by atoms with Crippen molar-refractivity contribution in [1.29, 1.82) is 0 Å². The zero-order valence-corrected chi connectivity index (χ0v) is 13.6. The zero-order chi connectivity index (χ0) is 14.7. The Morgan fingerprint density at radius 1 is 1.20 bits per heavy atom. The van der Waals surface area contributed by atoms with Crippen LogP contribution in [0.3, 0.4) is 0 Å². The van der Waals surface area contributed by atoms with E-state index in [0.717, 1.165) is 25.9 Å². The lowest BCUT2D eigenvalue weighted by atomic mass is 10.2. The summed E-state index contributed by atoms with van der Waals surface area (Å²) < 4.78 is 3.72. The molecule has 0 saturated carbocycles. The molecule has 1 saturated heterocycles. The highest BCUT2D eigenvalue weighted by molar-refractivity contribution is 7.98. The predicted octanol–water partition coefficient (Wildman–Crippen LogP) is 4.20. The molecule has 2 rings (SSSR count). The summed E-state index contributed by atoms with van der Waals surface area (Å²) in [5.74, 6) is -0.854. The number of hydrogen-bond acceptors (Lipinski definition) is 4. The number of carboxylic acid groups (broad SMARTS) is 1. The van der Waals surface area contributed by atoms with Crippen LogP contribution in [0.25, 0.3) is 0 Å². The largest absolute Gasteiger partial charge is 0.480 e. The third-order valence-corrected chi connectivity index (χ3v) is 4.67. The average molecular weight is 356 g/mol. The van der Waals surface area contributed by atoms with Gasteiger partial charge in [0.1, 0.15) is 6.54 Å². The van der Waals surface area contributed by atoms with Crippen LogP contribution >= 0.6 is 46.9 Å². The first-order chi connectivity index (χ1) is 9.47. The molecule has 1 aliphatic rings. The Morgan fingerprint density at radius 3 is 2.40 bits per heavy atom. The molecule has 0 atom stereocenters. The maximum Gasteiger partial charge on any atom is 0.318 e. The fourth-order valence-electron chi connectivity index (χ4n) is 1.95. The van der Waals surface area contributed by atoms with Gasteiger partial charge in [-0.3, -0.25) is 4.79 Å². The van der Waals surface area contributed by atoms with Crippen molar-refractivity contribution in [3.05, 3.63) is 27.2 Å². The highest BCUT2D eigenvalue weighted by Crippen LogP contribution is 2.41. The summed E-state index contributed by atoms with van der Waals surface area (Å²) in [5, 5.41) is 10.3. The minimum Gasteiger partial charge on any atom is -0.480 e. The van der Waals surface area contributed by atoms with Crippen molar-refractivity contribution >= 4 is 58.6 Å². The van der Waals surface area contributed by atoms with E-state index in [0.29, 0.717) is 20.8 Å². The molecule has 0 aliphatic carbocycles. The van der Waals surface area contributed by atoms with Crippen LogP contribution in [0, 0.1) is 0 Å². The molecule has 0 radical (unpaired) electrons. The van der Waals surface area contributed by atoms with Crippen LogP contribution in [0.4, 0.5) is 5.69 Å². The Bertz CT molecular complexity index is 492. The van der Waals surface area contributed by atoms with Gasteiger partial charge in [-0.05, 0) is 25.0 Å². The van der Waals surface area contributed by atoms with Crippen LogP contribution < -0.4 is 4.31 Å². The molecule has 1 N–H and O–H groups in total. The number of carbonyl (C=O) groups is 1. The normalized spacial score (nSPS) is 17.1. The summed E-state index contributed by atoms with van der Waals surface area (Å²) in [6.45, 7) is 1.45. The molecule has 1 aromatic rings. The van der Waals surface area contributed by atoms with Gasteiger partial charge in [0.2, 0.25) is 0 Å². The molecular weight excluding hydrogens is 343 g/mol. The van der Waals surface area contributed by atoms with Crippen molar-refractivity contribution in [2.45, 2.75) is 12.8 Å². The number of anilines is 1. The lowest BCUT2D eigenvalue weighted by Gasteiger charge is -2.27. The quantitative estimate of drug-likeness (QED) is 0.823. The van der Waals surface area contributed by atoms with E-state index in [1.54, 1.807) is 16.4 Å². The van der Waals surface area contributed by atoms with E-state index < -0.39 is 5.97 Å². The molecule has 8 heteroatoms. The van der Waals surface area contributed by atoms with Gasteiger partial charge in [0.05, 0.1) is 15.7 Å². The summed E-state index contributed by atoms with van der Waals surface area (Å²) in [5.41, 5.74) is 0.681. The molecule has 0 aromatic heterocycles. The van der Waals surface area contributed by atoms with E-state index in [1.165, 1.54) is 12.1 Å². The zero-order valence-electron chi connectivity index (χ0n) is 10.5. The molecule has 1 fully saturated rings. The maximum absolute atomic E-state index is 10.9. The number of aliphatic carboxylic acids is 1. The van der Waals surface area contributed by atoms with Crippen molar-refractivity contribution in [2.75, 3.05) is 23.9 Å². The van der Waals surface area contributed by atoms with E-state index >= 15 is 0 Å². The smallest absolute Gasteiger partial charge is 0.318 e. The van der Waals surface area contributed by atoms with E-state index in [2.05, 4.69) is 0 Å². The standard InChI is InChI=1S/C12H13Cl3N2O2S/c13-8-5-9(14)12(10(15)6-8)17-4-2-1-3-16(20-17)7-11(18)19/h5-6H,1-4,7H2,(H,18,19). The van der Waals surface area contributed by atoms with E-state index in [-0.39, 0.29) is 6.54 Å². The van der Waals surface area contributed by atoms with Crippen molar-refractivity contribution < 1.29 is 9.90 Å². The van der Waals surface area contributed by atoms with Crippen molar-refractivity contribution in [3.8, 4) is 0 Å². The van der Waals surface area contributed by atoms with Crippen molar-refractivity contribution in [3.63, 3.8) is 0 Å². The Hall–Kier alpha value is -0.330. The van der Waals surface area contributed by atoms with E-state index in [9.17, 15) is 4.79 Å². The first-order valence-electron chi connectivity index (χ1n) is 6.04. The monoisotopic (exact) mass is 354 g/mol. The molecule has 1 aliphatic heterocycles. The summed E-state index contributed by atoms with van der Waals surface area (Å²) in [7, 11) is 0. The second kappa shape index (κ2) is 7.09. The van der Waals surface area contributed by atoms with Gasteiger partial charge in [-0.15, -0.1) is 0 Å². The third-order valence-electron chi connectivity index (χ3n) is 2.78. The van der Waals surface area contributed by atoms with Gasteiger partial charge in [0.15, 0.2) is 0 Å². The minimum absolute atomic E-state index is 0.0238. The Kier molecular flexibility index (Phi) is 5.69. The average Bonchev–Trinajstić information content (AvgIpc) is 2.52. The van der Waals surface area contributed by atoms with Crippen LogP contribution in [0.15, 0.2) is 12.1 Å². The molecule has 1 heterocycles. The summed E-state index contributed by atoms with van der Waals surface area (Å²) >= 11 is 19.7. The first kappa shape index (κ1) is 16.0. The highest BCUT2D eigenvalue weighted by Gasteiger charge is 2.23. The molecule has 0 bridgehead atoms. The fraction of sp³-hybridized carbons (Fsp3) is 0.417. The topological polar surface area (TPSA) is 43.8 Å². The third kappa shape index (κ3) is 4.09. The molecule has 1 aromatic carbocycles. The molecule has 0 unspecified atom stereocenters. The summed E-state index contributed by atoms with van der Waals surface area (Å²) in [4.78, 5) is 10.9. The molecule has 0 amide bonds. The second-order valence-corrected chi connectivity index (χ2v) is 6.74. The van der Waals surface area contributed by atoms with Gasteiger partial charge in [0.25, 0.3) is 0 Å². The van der Waals surface area contributed by atoms with E-state index in [1.807, 2.05) is 4.31 Å². The number of halogens is 3. The second-order valence-electron chi connectivity index (χ2n) is 4.37. The number of carboxylic acids is 1. The van der Waals surface area contributed by atoms with Gasteiger partial charge in [-0.2, -0.15) is 0 Å². The van der Waals surface area contributed by atoms with Crippen molar-refractivity contribution in [2.24, 2.45) is 0 Å². The molecule has 0 spiro atoms. The number of rotatable bonds is 3. The van der Waals surface area contributed by atoms with Crippen LogP contribution in [-0.2, 0) is 4.79 Å². The van der Waals surface area contributed by atoms with Crippen LogP contribution in [0.1, 0.15) is 12.8 Å². The molecular formula is C12H13Cl3N2O2S.